The molecule has 0 spiro atoms. The van der Waals surface area contributed by atoms with Crippen LogP contribution in [-0.4, -0.2) is 54.3 Å². The van der Waals surface area contributed by atoms with Gasteiger partial charge in [0, 0.05) is 19.4 Å². The van der Waals surface area contributed by atoms with Gasteiger partial charge < -0.3 is 20.1 Å². The summed E-state index contributed by atoms with van der Waals surface area (Å²) < 4.78 is 26.2. The van der Waals surface area contributed by atoms with E-state index >= 15 is 0 Å². The van der Waals surface area contributed by atoms with Gasteiger partial charge in [-0.2, -0.15) is 0 Å². The van der Waals surface area contributed by atoms with E-state index in [9.17, 15) is 24.2 Å². The number of phosphoric ester groups is 1. The smallest absolute Gasteiger partial charge is 0.463 e. The Bertz CT molecular complexity index is 547. The highest BCUT2D eigenvalue weighted by molar-refractivity contribution is 7.47. The summed E-state index contributed by atoms with van der Waals surface area (Å²) in [5, 5.41) is 12.4. The minimum absolute atomic E-state index is 0.0790. The second kappa shape index (κ2) is 21.5. The number of nitrogens with one attached hydrogen (secondary N) is 1. The van der Waals surface area contributed by atoms with Gasteiger partial charge in [-0.3, -0.25) is 18.6 Å². The van der Waals surface area contributed by atoms with Gasteiger partial charge in [0.1, 0.15) is 12.7 Å². The molecule has 0 radical (unpaired) electrons. The molecule has 0 heterocycles. The zero-order valence-corrected chi connectivity index (χ0v) is 21.5. The third-order valence-electron chi connectivity index (χ3n) is 5.04. The van der Waals surface area contributed by atoms with Crippen LogP contribution >= 0.6 is 7.82 Å². The molecule has 2 atom stereocenters. The summed E-state index contributed by atoms with van der Waals surface area (Å²) >= 11 is 0. The van der Waals surface area contributed by atoms with Gasteiger partial charge in [0.25, 0.3) is 0 Å². The van der Waals surface area contributed by atoms with Gasteiger partial charge in [0.15, 0.2) is 0 Å². The van der Waals surface area contributed by atoms with Crippen molar-refractivity contribution in [3.05, 3.63) is 0 Å². The quantitative estimate of drug-likeness (QED) is 0.106. The number of carbonyl (C=O) groups excluding carboxylic acids is 2. The number of aliphatic hydroxyl groups excluding tert-OH is 1. The van der Waals surface area contributed by atoms with Gasteiger partial charge in [0.2, 0.25) is 5.91 Å². The topological polar surface area (TPSA) is 131 Å². The van der Waals surface area contributed by atoms with Crippen LogP contribution in [0, 0.1) is 0 Å². The second-order valence-electron chi connectivity index (χ2n) is 8.32. The van der Waals surface area contributed by atoms with E-state index in [4.69, 9.17) is 13.8 Å². The van der Waals surface area contributed by atoms with Crippen molar-refractivity contribution in [2.24, 2.45) is 0 Å². The Kier molecular flexibility index (Phi) is 20.9. The van der Waals surface area contributed by atoms with Gasteiger partial charge in [-0.25, -0.2) is 4.57 Å². The Morgan fingerprint density at radius 1 is 0.818 bits per heavy atom. The van der Waals surface area contributed by atoms with Crippen LogP contribution in [-0.2, 0) is 27.9 Å². The molecule has 0 saturated carbocycles. The summed E-state index contributed by atoms with van der Waals surface area (Å²) in [5.74, 6) is -0.556. The molecule has 0 aromatic carbocycles. The van der Waals surface area contributed by atoms with Crippen molar-refractivity contribution in [2.45, 2.75) is 110 Å². The molecule has 2 unspecified atom stereocenters. The van der Waals surface area contributed by atoms with Crippen LogP contribution in [0.2, 0.25) is 0 Å². The zero-order valence-electron chi connectivity index (χ0n) is 20.6. The van der Waals surface area contributed by atoms with Gasteiger partial charge >= 0.3 is 13.8 Å². The van der Waals surface area contributed by atoms with Crippen LogP contribution in [0.1, 0.15) is 104 Å². The molecule has 0 aliphatic rings. The highest BCUT2D eigenvalue weighted by Gasteiger charge is 2.23. The molecule has 0 aromatic heterocycles. The number of rotatable bonds is 23. The highest BCUT2D eigenvalue weighted by atomic mass is 31.2. The lowest BCUT2D eigenvalue weighted by atomic mass is 10.1. The lowest BCUT2D eigenvalue weighted by Crippen LogP contribution is -2.27. The maximum absolute atomic E-state index is 11.8. The number of ether oxygens (including phenoxy) is 1. The third kappa shape index (κ3) is 22.6. The normalized spacial score (nSPS) is 13.9. The van der Waals surface area contributed by atoms with Crippen molar-refractivity contribution in [1.82, 2.24) is 5.32 Å². The molecule has 0 rings (SSSR count). The number of hydrogen-bond acceptors (Lipinski definition) is 7. The van der Waals surface area contributed by atoms with E-state index in [0.717, 1.165) is 32.1 Å². The summed E-state index contributed by atoms with van der Waals surface area (Å²) in [6.07, 6.45) is 12.9. The molecule has 3 N–H and O–H groups in total. The van der Waals surface area contributed by atoms with Gasteiger partial charge in [-0.15, -0.1) is 0 Å². The molecule has 0 aliphatic carbocycles. The molecule has 0 fully saturated rings. The van der Waals surface area contributed by atoms with Gasteiger partial charge in [-0.1, -0.05) is 78.1 Å². The monoisotopic (exact) mass is 495 g/mol. The summed E-state index contributed by atoms with van der Waals surface area (Å²) in [6.45, 7) is 3.24. The van der Waals surface area contributed by atoms with Crippen molar-refractivity contribution < 1.29 is 37.9 Å². The summed E-state index contributed by atoms with van der Waals surface area (Å²) in [6, 6.07) is 0. The van der Waals surface area contributed by atoms with Crippen molar-refractivity contribution in [2.75, 3.05) is 26.4 Å². The fraction of sp³-hybridized carbons (Fsp3) is 0.913. The minimum atomic E-state index is -4.37. The van der Waals surface area contributed by atoms with Crippen molar-refractivity contribution in [3.63, 3.8) is 0 Å². The molecule has 196 valence electrons. The van der Waals surface area contributed by atoms with Crippen LogP contribution in [0.5, 0.6) is 0 Å². The first-order valence-corrected chi connectivity index (χ1v) is 14.0. The fourth-order valence-electron chi connectivity index (χ4n) is 3.06. The molecule has 9 nitrogen and oxygen atoms in total. The second-order valence-corrected chi connectivity index (χ2v) is 9.77. The van der Waals surface area contributed by atoms with Crippen LogP contribution in [0.4, 0.5) is 0 Å². The van der Waals surface area contributed by atoms with Crippen LogP contribution in [0.25, 0.3) is 0 Å². The van der Waals surface area contributed by atoms with Crippen molar-refractivity contribution >= 4 is 19.7 Å². The van der Waals surface area contributed by atoms with Gasteiger partial charge in [-0.05, 0) is 12.8 Å². The molecule has 1 amide bonds. The molecule has 0 saturated heterocycles. The summed E-state index contributed by atoms with van der Waals surface area (Å²) in [4.78, 5) is 32.8. The third-order valence-corrected chi connectivity index (χ3v) is 6.02. The number of unbranched alkanes of at least 4 members (excludes halogenated alkanes) is 10. The number of aliphatic hydroxyl groups is 1. The maximum atomic E-state index is 11.8. The maximum Gasteiger partial charge on any atom is 0.472 e. The number of esters is 1. The zero-order chi connectivity index (χ0) is 24.8. The highest BCUT2D eigenvalue weighted by Crippen LogP contribution is 2.42. The average molecular weight is 496 g/mol. The Balaban J connectivity index is 3.68. The Morgan fingerprint density at radius 3 is 2.00 bits per heavy atom. The summed E-state index contributed by atoms with van der Waals surface area (Å²) in [7, 11) is -4.37. The van der Waals surface area contributed by atoms with Crippen molar-refractivity contribution in [3.8, 4) is 0 Å². The first-order valence-electron chi connectivity index (χ1n) is 12.5. The molecule has 0 aromatic rings. The Morgan fingerprint density at radius 2 is 1.39 bits per heavy atom. The summed E-state index contributed by atoms with van der Waals surface area (Å²) in [5.41, 5.74) is 0. The molecule has 0 bridgehead atoms. The predicted octanol–water partition coefficient (Wildman–Crippen LogP) is 4.64. The molecular weight excluding hydrogens is 449 g/mol. The van der Waals surface area contributed by atoms with E-state index in [-0.39, 0.29) is 32.1 Å². The molecular formula is C23H46NO8P. The number of hydrogen-bond donors (Lipinski definition) is 3. The standard InChI is InChI=1S/C23H46NO8P/c1-3-5-7-8-9-10-11-12-13-14-16-23(27)30-19-21(25)20-32-33(28,29)31-18-17-24-22(26)15-6-4-2/h21,25H,3-20H2,1-2H3,(H,24,26)(H,28,29). The number of carbonyl (C=O) groups is 2. The number of amides is 1. The first kappa shape index (κ1) is 32.0. The minimum Gasteiger partial charge on any atom is -0.463 e. The number of phosphoric acid groups is 1. The van der Waals surface area contributed by atoms with E-state index in [1.807, 2.05) is 6.92 Å². The van der Waals surface area contributed by atoms with Crippen LogP contribution < -0.4 is 5.32 Å². The predicted molar refractivity (Wildman–Crippen MR) is 128 cm³/mol. The largest absolute Gasteiger partial charge is 0.472 e. The van der Waals surface area contributed by atoms with E-state index in [1.165, 1.54) is 44.9 Å². The first-order chi connectivity index (χ1) is 15.8. The lowest BCUT2D eigenvalue weighted by Gasteiger charge is -2.15. The van der Waals surface area contributed by atoms with E-state index < -0.39 is 26.5 Å². The Labute approximate surface area is 199 Å². The lowest BCUT2D eigenvalue weighted by molar-refractivity contribution is -0.147. The van der Waals surface area contributed by atoms with Crippen LogP contribution in [0.3, 0.4) is 0 Å². The van der Waals surface area contributed by atoms with Crippen molar-refractivity contribution in [1.29, 1.82) is 0 Å². The fourth-order valence-corrected chi connectivity index (χ4v) is 3.82. The molecule has 33 heavy (non-hydrogen) atoms. The SMILES string of the molecule is CCCCCCCCCCCCC(=O)OCC(O)COP(=O)(O)OCCNC(=O)CCCC. The van der Waals surface area contributed by atoms with Crippen LogP contribution in [0.15, 0.2) is 0 Å². The van der Waals surface area contributed by atoms with Gasteiger partial charge in [0.05, 0.1) is 13.2 Å². The van der Waals surface area contributed by atoms with E-state index in [2.05, 4.69) is 12.2 Å². The molecule has 0 aliphatic heterocycles. The molecule has 10 heteroatoms. The Hall–Kier alpha value is -0.990. The van der Waals surface area contributed by atoms with E-state index in [1.54, 1.807) is 0 Å². The van der Waals surface area contributed by atoms with E-state index in [0.29, 0.717) is 6.42 Å². The average Bonchev–Trinajstić information content (AvgIpc) is 2.79.